The Morgan fingerprint density at radius 1 is 1.22 bits per heavy atom. The van der Waals surface area contributed by atoms with E-state index in [9.17, 15) is 0 Å². The van der Waals surface area contributed by atoms with Gasteiger partial charge in [0.15, 0.2) is 0 Å². The van der Waals surface area contributed by atoms with Crippen molar-refractivity contribution in [3.05, 3.63) is 35.7 Å². The third-order valence-corrected chi connectivity index (χ3v) is 2.98. The number of hydrogen-bond acceptors (Lipinski definition) is 4. The Kier molecular flexibility index (Phi) is 4.10. The van der Waals surface area contributed by atoms with Crippen molar-refractivity contribution in [3.63, 3.8) is 0 Å². The van der Waals surface area contributed by atoms with E-state index < -0.39 is 0 Å². The monoisotopic (exact) mass is 245 g/mol. The summed E-state index contributed by atoms with van der Waals surface area (Å²) in [7, 11) is 0. The van der Waals surface area contributed by atoms with Crippen LogP contribution in [0, 0.1) is 0 Å². The van der Waals surface area contributed by atoms with Gasteiger partial charge in [-0.2, -0.15) is 4.98 Å². The zero-order valence-electron chi connectivity index (χ0n) is 10.9. The van der Waals surface area contributed by atoms with Crippen LogP contribution in [0.5, 0.6) is 0 Å². The molecule has 2 aromatic rings. The van der Waals surface area contributed by atoms with Crippen molar-refractivity contribution in [2.24, 2.45) is 5.73 Å². The molecule has 0 amide bonds. The molecule has 0 fully saturated rings. The minimum absolute atomic E-state index is 0.161. The number of rotatable bonds is 5. The fourth-order valence-corrected chi connectivity index (χ4v) is 1.83. The second kappa shape index (κ2) is 5.78. The summed E-state index contributed by atoms with van der Waals surface area (Å²) in [5, 5.41) is 3.98. The Bertz CT molecular complexity index is 490. The van der Waals surface area contributed by atoms with Crippen LogP contribution in [-0.4, -0.2) is 10.1 Å². The van der Waals surface area contributed by atoms with Gasteiger partial charge in [0.2, 0.25) is 11.7 Å². The fourth-order valence-electron chi connectivity index (χ4n) is 1.83. The summed E-state index contributed by atoms with van der Waals surface area (Å²) in [5.41, 5.74) is 8.21. The molecule has 0 aliphatic heterocycles. The van der Waals surface area contributed by atoms with Gasteiger partial charge in [-0.1, -0.05) is 49.7 Å². The SMILES string of the molecule is CCC[C@@H](N)c1nc(-c2ccc(CC)cc2)no1. The van der Waals surface area contributed by atoms with E-state index in [1.165, 1.54) is 5.56 Å². The average Bonchev–Trinajstić information content (AvgIpc) is 2.89. The molecule has 0 unspecified atom stereocenters. The molecule has 0 spiro atoms. The molecule has 96 valence electrons. The Hall–Kier alpha value is -1.68. The van der Waals surface area contributed by atoms with Crippen LogP contribution in [0.1, 0.15) is 44.2 Å². The van der Waals surface area contributed by atoms with Crippen LogP contribution < -0.4 is 5.73 Å². The van der Waals surface area contributed by atoms with E-state index in [0.29, 0.717) is 11.7 Å². The van der Waals surface area contributed by atoms with Gasteiger partial charge in [-0.15, -0.1) is 0 Å². The first-order valence-corrected chi connectivity index (χ1v) is 6.43. The van der Waals surface area contributed by atoms with Gasteiger partial charge in [-0.3, -0.25) is 0 Å². The number of nitrogens with zero attached hydrogens (tertiary/aromatic N) is 2. The molecule has 18 heavy (non-hydrogen) atoms. The van der Waals surface area contributed by atoms with Gasteiger partial charge in [0.05, 0.1) is 6.04 Å². The maximum atomic E-state index is 5.95. The Labute approximate surface area is 107 Å². The maximum absolute atomic E-state index is 5.95. The highest BCUT2D eigenvalue weighted by Gasteiger charge is 2.14. The van der Waals surface area contributed by atoms with E-state index in [1.807, 2.05) is 12.1 Å². The number of nitrogens with two attached hydrogens (primary N) is 1. The molecule has 0 aliphatic carbocycles. The quantitative estimate of drug-likeness (QED) is 0.879. The van der Waals surface area contributed by atoms with Crippen molar-refractivity contribution in [1.29, 1.82) is 0 Å². The zero-order chi connectivity index (χ0) is 13.0. The van der Waals surface area contributed by atoms with E-state index in [4.69, 9.17) is 10.3 Å². The van der Waals surface area contributed by atoms with E-state index in [1.54, 1.807) is 0 Å². The third-order valence-electron chi connectivity index (χ3n) is 2.98. The molecule has 0 radical (unpaired) electrons. The maximum Gasteiger partial charge on any atom is 0.243 e. The second-order valence-corrected chi connectivity index (χ2v) is 4.40. The summed E-state index contributed by atoms with van der Waals surface area (Å²) in [6, 6.07) is 8.03. The van der Waals surface area contributed by atoms with Crippen molar-refractivity contribution in [2.45, 2.75) is 39.2 Å². The first kappa shape index (κ1) is 12.8. The molecular weight excluding hydrogens is 226 g/mol. The first-order valence-electron chi connectivity index (χ1n) is 6.43. The minimum atomic E-state index is -0.161. The van der Waals surface area contributed by atoms with Crippen molar-refractivity contribution in [3.8, 4) is 11.4 Å². The highest BCUT2D eigenvalue weighted by molar-refractivity contribution is 5.54. The van der Waals surface area contributed by atoms with Crippen LogP contribution >= 0.6 is 0 Å². The molecule has 1 aromatic heterocycles. The summed E-state index contributed by atoms with van der Waals surface area (Å²) in [4.78, 5) is 4.35. The summed E-state index contributed by atoms with van der Waals surface area (Å²) in [6.07, 6.45) is 2.89. The molecular formula is C14H19N3O. The van der Waals surface area contributed by atoms with Crippen LogP contribution in [0.25, 0.3) is 11.4 Å². The summed E-state index contributed by atoms with van der Waals surface area (Å²) in [6.45, 7) is 4.21. The van der Waals surface area contributed by atoms with Gasteiger partial charge in [0, 0.05) is 5.56 Å². The molecule has 0 saturated heterocycles. The van der Waals surface area contributed by atoms with Gasteiger partial charge in [0.25, 0.3) is 0 Å². The highest BCUT2D eigenvalue weighted by atomic mass is 16.5. The molecule has 1 atom stereocenters. The molecule has 2 N–H and O–H groups in total. The predicted octanol–water partition coefficient (Wildman–Crippen LogP) is 3.10. The summed E-state index contributed by atoms with van der Waals surface area (Å²) in [5.74, 6) is 1.13. The number of aryl methyl sites for hydroxylation is 1. The van der Waals surface area contributed by atoms with Crippen molar-refractivity contribution < 1.29 is 4.52 Å². The Morgan fingerprint density at radius 3 is 2.56 bits per heavy atom. The van der Waals surface area contributed by atoms with Crippen LogP contribution in [0.4, 0.5) is 0 Å². The normalized spacial score (nSPS) is 12.6. The van der Waals surface area contributed by atoms with Gasteiger partial charge in [0.1, 0.15) is 0 Å². The number of benzene rings is 1. The van der Waals surface area contributed by atoms with Crippen molar-refractivity contribution >= 4 is 0 Å². The first-order chi connectivity index (χ1) is 8.74. The lowest BCUT2D eigenvalue weighted by Gasteiger charge is -2.02. The molecule has 4 nitrogen and oxygen atoms in total. The van der Waals surface area contributed by atoms with Crippen molar-refractivity contribution in [2.75, 3.05) is 0 Å². The molecule has 2 rings (SSSR count). The van der Waals surface area contributed by atoms with Gasteiger partial charge >= 0.3 is 0 Å². The van der Waals surface area contributed by atoms with E-state index >= 15 is 0 Å². The average molecular weight is 245 g/mol. The fraction of sp³-hybridized carbons (Fsp3) is 0.429. The van der Waals surface area contributed by atoms with Crippen molar-refractivity contribution in [1.82, 2.24) is 10.1 Å². The Balaban J connectivity index is 2.18. The summed E-state index contributed by atoms with van der Waals surface area (Å²) >= 11 is 0. The van der Waals surface area contributed by atoms with E-state index in [2.05, 4.69) is 36.1 Å². The lowest BCUT2D eigenvalue weighted by molar-refractivity contribution is 0.348. The number of hydrogen-bond donors (Lipinski definition) is 1. The van der Waals surface area contributed by atoms with E-state index in [0.717, 1.165) is 24.8 Å². The topological polar surface area (TPSA) is 64.9 Å². The standard InChI is InChI=1S/C14H19N3O/c1-3-5-12(15)14-16-13(17-18-14)11-8-6-10(4-2)7-9-11/h6-9,12H,3-5,15H2,1-2H3/t12-/m1/s1. The number of aromatic nitrogens is 2. The highest BCUT2D eigenvalue weighted by Crippen LogP contribution is 2.20. The molecule has 0 saturated carbocycles. The molecule has 1 heterocycles. The molecule has 0 bridgehead atoms. The third kappa shape index (κ3) is 2.76. The largest absolute Gasteiger partial charge is 0.337 e. The second-order valence-electron chi connectivity index (χ2n) is 4.40. The van der Waals surface area contributed by atoms with Gasteiger partial charge in [-0.25, -0.2) is 0 Å². The lowest BCUT2D eigenvalue weighted by Crippen LogP contribution is -2.09. The smallest absolute Gasteiger partial charge is 0.243 e. The zero-order valence-corrected chi connectivity index (χ0v) is 10.9. The van der Waals surface area contributed by atoms with Crippen LogP contribution in [0.3, 0.4) is 0 Å². The summed E-state index contributed by atoms with van der Waals surface area (Å²) < 4.78 is 5.20. The van der Waals surface area contributed by atoms with Crippen LogP contribution in [-0.2, 0) is 6.42 Å². The van der Waals surface area contributed by atoms with E-state index in [-0.39, 0.29) is 6.04 Å². The Morgan fingerprint density at radius 2 is 1.94 bits per heavy atom. The predicted molar refractivity (Wildman–Crippen MR) is 70.9 cm³/mol. The van der Waals surface area contributed by atoms with Crippen LogP contribution in [0.2, 0.25) is 0 Å². The van der Waals surface area contributed by atoms with Gasteiger partial charge in [-0.05, 0) is 18.4 Å². The molecule has 4 heteroatoms. The van der Waals surface area contributed by atoms with Gasteiger partial charge < -0.3 is 10.3 Å². The minimum Gasteiger partial charge on any atom is -0.337 e. The molecule has 1 aromatic carbocycles. The lowest BCUT2D eigenvalue weighted by atomic mass is 10.1. The molecule has 0 aliphatic rings. The van der Waals surface area contributed by atoms with Crippen LogP contribution in [0.15, 0.2) is 28.8 Å².